The van der Waals surface area contributed by atoms with Crippen LogP contribution >= 0.6 is 0 Å². The Morgan fingerprint density at radius 2 is 1.09 bits per heavy atom. The zero-order valence-electron chi connectivity index (χ0n) is 6.02. The average molecular weight is 162 g/mol. The van der Waals surface area contributed by atoms with Gasteiger partial charge in [0.15, 0.2) is 0 Å². The summed E-state index contributed by atoms with van der Waals surface area (Å²) in [4.78, 5) is 0. The van der Waals surface area contributed by atoms with Crippen LogP contribution in [0.3, 0.4) is 0 Å². The van der Waals surface area contributed by atoms with E-state index in [2.05, 4.69) is 0 Å². The van der Waals surface area contributed by atoms with Crippen LogP contribution in [0.5, 0.6) is 0 Å². The van der Waals surface area contributed by atoms with Crippen molar-refractivity contribution in [3.05, 3.63) is 0 Å². The van der Waals surface area contributed by atoms with Gasteiger partial charge in [0.25, 0.3) is 13.0 Å². The van der Waals surface area contributed by atoms with E-state index >= 15 is 0 Å². The molecule has 0 aliphatic carbocycles. The SMILES string of the molecule is C1COC(OC2OCCO2)O1. The van der Waals surface area contributed by atoms with Crippen molar-refractivity contribution in [2.24, 2.45) is 0 Å². The molecular formula is C6H10O5. The van der Waals surface area contributed by atoms with Crippen LogP contribution in [0.2, 0.25) is 0 Å². The highest BCUT2D eigenvalue weighted by molar-refractivity contribution is 4.43. The van der Waals surface area contributed by atoms with Crippen molar-refractivity contribution in [2.45, 2.75) is 13.0 Å². The number of ether oxygens (including phenoxy) is 5. The Morgan fingerprint density at radius 3 is 1.45 bits per heavy atom. The Hall–Kier alpha value is -0.200. The average Bonchev–Trinajstić information content (AvgIpc) is 2.60. The first-order chi connectivity index (χ1) is 5.45. The summed E-state index contributed by atoms with van der Waals surface area (Å²) in [6, 6.07) is 0. The lowest BCUT2D eigenvalue weighted by Crippen LogP contribution is -2.23. The molecule has 0 aromatic carbocycles. The second-order valence-electron chi connectivity index (χ2n) is 2.20. The van der Waals surface area contributed by atoms with E-state index in [0.29, 0.717) is 26.4 Å². The van der Waals surface area contributed by atoms with E-state index in [1.165, 1.54) is 0 Å². The molecule has 5 heteroatoms. The molecule has 0 spiro atoms. The van der Waals surface area contributed by atoms with Crippen molar-refractivity contribution in [3.8, 4) is 0 Å². The van der Waals surface area contributed by atoms with E-state index in [4.69, 9.17) is 23.7 Å². The second kappa shape index (κ2) is 3.46. The van der Waals surface area contributed by atoms with Crippen LogP contribution in [-0.2, 0) is 23.7 Å². The zero-order chi connectivity index (χ0) is 7.52. The Kier molecular flexibility index (Phi) is 2.35. The molecule has 2 heterocycles. The molecule has 11 heavy (non-hydrogen) atoms. The Bertz CT molecular complexity index is 102. The molecule has 64 valence electrons. The quantitative estimate of drug-likeness (QED) is 0.556. The first-order valence-electron chi connectivity index (χ1n) is 3.57. The molecule has 0 aromatic heterocycles. The molecule has 2 fully saturated rings. The largest absolute Gasteiger partial charge is 0.327 e. The smallest absolute Gasteiger partial charge is 0.275 e. The van der Waals surface area contributed by atoms with Crippen molar-refractivity contribution < 1.29 is 23.7 Å². The first-order valence-corrected chi connectivity index (χ1v) is 3.57. The highest BCUT2D eigenvalue weighted by Crippen LogP contribution is 2.12. The van der Waals surface area contributed by atoms with Crippen molar-refractivity contribution >= 4 is 0 Å². The molecule has 2 aliphatic heterocycles. The molecule has 5 nitrogen and oxygen atoms in total. The van der Waals surface area contributed by atoms with Gasteiger partial charge in [0.2, 0.25) is 0 Å². The summed E-state index contributed by atoms with van der Waals surface area (Å²) >= 11 is 0. The van der Waals surface area contributed by atoms with Crippen molar-refractivity contribution in [1.29, 1.82) is 0 Å². The van der Waals surface area contributed by atoms with E-state index < -0.39 is 13.0 Å². The van der Waals surface area contributed by atoms with Gasteiger partial charge in [-0.3, -0.25) is 4.74 Å². The first kappa shape index (κ1) is 7.45. The standard InChI is InChI=1S/C6H10O5/c1-2-8-5(7-1)11-6-9-3-4-10-6/h5-6H,1-4H2. The van der Waals surface area contributed by atoms with Gasteiger partial charge in [-0.25, -0.2) is 0 Å². The molecule has 0 amide bonds. The monoisotopic (exact) mass is 162 g/mol. The minimum atomic E-state index is -0.613. The summed E-state index contributed by atoms with van der Waals surface area (Å²) in [5.41, 5.74) is 0. The molecule has 0 radical (unpaired) electrons. The molecule has 2 aliphatic rings. The van der Waals surface area contributed by atoms with E-state index in [0.717, 1.165) is 0 Å². The van der Waals surface area contributed by atoms with Crippen LogP contribution in [0.25, 0.3) is 0 Å². The van der Waals surface area contributed by atoms with Crippen molar-refractivity contribution in [2.75, 3.05) is 26.4 Å². The zero-order valence-corrected chi connectivity index (χ0v) is 6.02. The van der Waals surface area contributed by atoms with Gasteiger partial charge < -0.3 is 18.9 Å². The van der Waals surface area contributed by atoms with Crippen LogP contribution in [0.15, 0.2) is 0 Å². The summed E-state index contributed by atoms with van der Waals surface area (Å²) in [6.07, 6.45) is 0. The molecule has 0 aromatic rings. The molecule has 0 unspecified atom stereocenters. The van der Waals surface area contributed by atoms with Gasteiger partial charge >= 0.3 is 0 Å². The maximum absolute atomic E-state index is 5.08. The third-order valence-electron chi connectivity index (χ3n) is 1.40. The van der Waals surface area contributed by atoms with Crippen LogP contribution in [0.4, 0.5) is 0 Å². The van der Waals surface area contributed by atoms with Gasteiger partial charge in [0.1, 0.15) is 0 Å². The van der Waals surface area contributed by atoms with Crippen LogP contribution in [-0.4, -0.2) is 39.4 Å². The highest BCUT2D eigenvalue weighted by Gasteiger charge is 2.25. The predicted octanol–water partition coefficient (Wildman–Crippen LogP) is -0.336. The summed E-state index contributed by atoms with van der Waals surface area (Å²) in [5.74, 6) is 0. The maximum atomic E-state index is 5.08. The lowest BCUT2D eigenvalue weighted by atomic mass is 10.8. The van der Waals surface area contributed by atoms with Gasteiger partial charge in [-0.15, -0.1) is 0 Å². The molecule has 0 saturated carbocycles. The molecule has 2 rings (SSSR count). The Balaban J connectivity index is 1.71. The fourth-order valence-electron chi connectivity index (χ4n) is 0.921. The summed E-state index contributed by atoms with van der Waals surface area (Å²) < 4.78 is 25.1. The number of hydrogen-bond acceptors (Lipinski definition) is 5. The van der Waals surface area contributed by atoms with Gasteiger partial charge in [0.05, 0.1) is 26.4 Å². The highest BCUT2D eigenvalue weighted by atomic mass is 17.0. The van der Waals surface area contributed by atoms with Crippen molar-refractivity contribution in [1.82, 2.24) is 0 Å². The van der Waals surface area contributed by atoms with Crippen LogP contribution in [0.1, 0.15) is 0 Å². The number of hydrogen-bond donors (Lipinski definition) is 0. The maximum Gasteiger partial charge on any atom is 0.275 e. The lowest BCUT2D eigenvalue weighted by molar-refractivity contribution is -0.346. The minimum absolute atomic E-state index is 0.567. The summed E-state index contributed by atoms with van der Waals surface area (Å²) in [7, 11) is 0. The van der Waals surface area contributed by atoms with Crippen LogP contribution in [0, 0.1) is 0 Å². The van der Waals surface area contributed by atoms with E-state index in [9.17, 15) is 0 Å². The summed E-state index contributed by atoms with van der Waals surface area (Å²) in [6.45, 7) is 1.04. The fraction of sp³-hybridized carbons (Fsp3) is 1.00. The molecular weight excluding hydrogens is 152 g/mol. The third-order valence-corrected chi connectivity index (χ3v) is 1.40. The second-order valence-corrected chi connectivity index (χ2v) is 2.20. The Labute approximate surface area is 64.1 Å². The Morgan fingerprint density at radius 1 is 0.727 bits per heavy atom. The molecule has 0 atom stereocenters. The topological polar surface area (TPSA) is 46.2 Å². The predicted molar refractivity (Wildman–Crippen MR) is 32.5 cm³/mol. The number of rotatable bonds is 2. The van der Waals surface area contributed by atoms with Crippen LogP contribution < -0.4 is 0 Å². The van der Waals surface area contributed by atoms with Crippen molar-refractivity contribution in [3.63, 3.8) is 0 Å². The lowest BCUT2D eigenvalue weighted by Gasteiger charge is -2.13. The normalized spacial score (nSPS) is 28.4. The van der Waals surface area contributed by atoms with E-state index in [-0.39, 0.29) is 0 Å². The van der Waals surface area contributed by atoms with E-state index in [1.807, 2.05) is 0 Å². The molecule has 0 bridgehead atoms. The van der Waals surface area contributed by atoms with E-state index in [1.54, 1.807) is 0 Å². The van der Waals surface area contributed by atoms with Gasteiger partial charge in [0, 0.05) is 0 Å². The minimum Gasteiger partial charge on any atom is -0.327 e. The fourth-order valence-corrected chi connectivity index (χ4v) is 0.921. The van der Waals surface area contributed by atoms with Gasteiger partial charge in [-0.1, -0.05) is 0 Å². The third kappa shape index (κ3) is 1.88. The molecule has 2 saturated heterocycles. The molecule has 0 N–H and O–H groups in total. The summed E-state index contributed by atoms with van der Waals surface area (Å²) in [5, 5.41) is 0. The van der Waals surface area contributed by atoms with Gasteiger partial charge in [-0.05, 0) is 0 Å². The van der Waals surface area contributed by atoms with Gasteiger partial charge in [-0.2, -0.15) is 0 Å².